The molecule has 0 aliphatic carbocycles. The highest BCUT2D eigenvalue weighted by Crippen LogP contribution is 2.34. The Morgan fingerprint density at radius 1 is 1.06 bits per heavy atom. The summed E-state index contributed by atoms with van der Waals surface area (Å²) in [6, 6.07) is 8.62. The number of para-hydroxylation sites is 1. The van der Waals surface area contributed by atoms with Crippen molar-refractivity contribution in [2.45, 2.75) is 12.6 Å². The van der Waals surface area contributed by atoms with Crippen LogP contribution in [0.1, 0.15) is 11.3 Å². The Balaban J connectivity index is 1.26. The molecule has 1 fully saturated rings. The molecule has 0 spiro atoms. The van der Waals surface area contributed by atoms with E-state index in [0.29, 0.717) is 31.9 Å². The third-order valence-electron chi connectivity index (χ3n) is 5.39. The summed E-state index contributed by atoms with van der Waals surface area (Å²) in [7, 11) is 0. The molecular weight excluding hydrogens is 467 g/mol. The fraction of sp³-hybridized carbons (Fsp3) is 0.304. The maximum absolute atomic E-state index is 13.1. The molecule has 3 heterocycles. The quantitative estimate of drug-likeness (QED) is 0.573. The van der Waals surface area contributed by atoms with Crippen LogP contribution in [0.2, 0.25) is 0 Å². The molecule has 7 nitrogen and oxygen atoms in total. The number of hydrogen-bond acceptors (Lipinski definition) is 6. The topological polar surface area (TPSA) is 78.4 Å². The van der Waals surface area contributed by atoms with Gasteiger partial charge in [0.1, 0.15) is 5.01 Å². The molecule has 2 aromatic heterocycles. The van der Waals surface area contributed by atoms with Gasteiger partial charge in [0.15, 0.2) is 0 Å². The summed E-state index contributed by atoms with van der Waals surface area (Å²) < 4.78 is 39.3. The minimum atomic E-state index is -4.55. The van der Waals surface area contributed by atoms with Crippen molar-refractivity contribution in [3.05, 3.63) is 65.4 Å². The SMILES string of the molecule is O=C(CN1CCN(C(=O)Cc2csc(-c3cccnc3)n2)CC1)Nc1ccccc1C(F)(F)F. The zero-order valence-corrected chi connectivity index (χ0v) is 18.9. The Morgan fingerprint density at radius 2 is 1.82 bits per heavy atom. The Labute approximate surface area is 198 Å². The molecular formula is C23H22F3N5O2S. The van der Waals surface area contributed by atoms with Crippen LogP contribution in [0.5, 0.6) is 0 Å². The second-order valence-corrected chi connectivity index (χ2v) is 8.67. The van der Waals surface area contributed by atoms with E-state index in [9.17, 15) is 22.8 Å². The third-order valence-corrected chi connectivity index (χ3v) is 6.33. The van der Waals surface area contributed by atoms with Crippen molar-refractivity contribution in [1.29, 1.82) is 0 Å². The van der Waals surface area contributed by atoms with Crippen LogP contribution < -0.4 is 5.32 Å². The first-order chi connectivity index (χ1) is 16.3. The summed E-state index contributed by atoms with van der Waals surface area (Å²) >= 11 is 1.46. The van der Waals surface area contributed by atoms with Crippen LogP contribution in [-0.2, 0) is 22.2 Å². The zero-order valence-electron chi connectivity index (χ0n) is 18.1. The molecule has 1 aliphatic heterocycles. The predicted molar refractivity (Wildman–Crippen MR) is 122 cm³/mol. The maximum atomic E-state index is 13.1. The van der Waals surface area contributed by atoms with E-state index in [0.717, 1.165) is 16.6 Å². The summed E-state index contributed by atoms with van der Waals surface area (Å²) in [4.78, 5) is 37.1. The smallest absolute Gasteiger partial charge is 0.340 e. The van der Waals surface area contributed by atoms with E-state index in [2.05, 4.69) is 15.3 Å². The number of thiazole rings is 1. The number of benzene rings is 1. The van der Waals surface area contributed by atoms with Crippen LogP contribution >= 0.6 is 11.3 Å². The van der Waals surface area contributed by atoms with Gasteiger partial charge in [-0.05, 0) is 24.3 Å². The molecule has 3 aromatic rings. The highest BCUT2D eigenvalue weighted by Gasteiger charge is 2.33. The number of nitrogens with zero attached hydrogens (tertiary/aromatic N) is 4. The van der Waals surface area contributed by atoms with Gasteiger partial charge >= 0.3 is 6.18 Å². The van der Waals surface area contributed by atoms with Crippen molar-refractivity contribution < 1.29 is 22.8 Å². The Hall–Kier alpha value is -3.31. The normalized spacial score (nSPS) is 14.7. The summed E-state index contributed by atoms with van der Waals surface area (Å²) in [5.74, 6) is -0.576. The van der Waals surface area contributed by atoms with Gasteiger partial charge in [0.2, 0.25) is 11.8 Å². The first-order valence-electron chi connectivity index (χ1n) is 10.6. The lowest BCUT2D eigenvalue weighted by Gasteiger charge is -2.34. The van der Waals surface area contributed by atoms with Crippen molar-refractivity contribution in [2.75, 3.05) is 38.0 Å². The number of carbonyl (C=O) groups is 2. The van der Waals surface area contributed by atoms with Crippen LogP contribution in [0.25, 0.3) is 10.6 Å². The van der Waals surface area contributed by atoms with Crippen LogP contribution in [0.4, 0.5) is 18.9 Å². The van der Waals surface area contributed by atoms with E-state index in [-0.39, 0.29) is 24.6 Å². The van der Waals surface area contributed by atoms with E-state index in [1.54, 1.807) is 17.3 Å². The fourth-order valence-electron chi connectivity index (χ4n) is 3.66. The van der Waals surface area contributed by atoms with E-state index in [4.69, 9.17) is 0 Å². The summed E-state index contributed by atoms with van der Waals surface area (Å²) in [6.45, 7) is 1.74. The highest BCUT2D eigenvalue weighted by atomic mass is 32.1. The molecule has 0 radical (unpaired) electrons. The van der Waals surface area contributed by atoms with Gasteiger partial charge in [-0.25, -0.2) is 4.98 Å². The monoisotopic (exact) mass is 489 g/mol. The molecule has 1 N–H and O–H groups in total. The lowest BCUT2D eigenvalue weighted by Crippen LogP contribution is -2.50. The van der Waals surface area contributed by atoms with Crippen LogP contribution in [0, 0.1) is 0 Å². The maximum Gasteiger partial charge on any atom is 0.418 e. The van der Waals surface area contributed by atoms with Gasteiger partial charge in [0, 0.05) is 49.5 Å². The Kier molecular flexibility index (Phi) is 7.23. The Morgan fingerprint density at radius 3 is 2.53 bits per heavy atom. The Bertz CT molecular complexity index is 1140. The number of amides is 2. The van der Waals surface area contributed by atoms with Crippen molar-refractivity contribution in [3.63, 3.8) is 0 Å². The van der Waals surface area contributed by atoms with Gasteiger partial charge in [-0.15, -0.1) is 11.3 Å². The number of piperazine rings is 1. The molecule has 178 valence electrons. The molecule has 0 unspecified atom stereocenters. The molecule has 1 aliphatic rings. The lowest BCUT2D eigenvalue weighted by atomic mass is 10.1. The van der Waals surface area contributed by atoms with E-state index in [1.807, 2.05) is 22.4 Å². The highest BCUT2D eigenvalue weighted by molar-refractivity contribution is 7.13. The van der Waals surface area contributed by atoms with Gasteiger partial charge in [-0.3, -0.25) is 19.5 Å². The second kappa shape index (κ2) is 10.3. The number of rotatable bonds is 6. The van der Waals surface area contributed by atoms with Gasteiger partial charge in [0.05, 0.1) is 29.9 Å². The molecule has 0 atom stereocenters. The molecule has 34 heavy (non-hydrogen) atoms. The predicted octanol–water partition coefficient (Wildman–Crippen LogP) is 3.55. The zero-order chi connectivity index (χ0) is 24.1. The van der Waals surface area contributed by atoms with Gasteiger partial charge in [-0.2, -0.15) is 13.2 Å². The molecule has 11 heteroatoms. The van der Waals surface area contributed by atoms with Crippen LogP contribution in [0.3, 0.4) is 0 Å². The first-order valence-corrected chi connectivity index (χ1v) is 11.5. The van der Waals surface area contributed by atoms with E-state index in [1.165, 1.54) is 29.5 Å². The van der Waals surface area contributed by atoms with Crippen molar-refractivity contribution >= 4 is 28.8 Å². The van der Waals surface area contributed by atoms with Gasteiger partial charge in [0.25, 0.3) is 0 Å². The average molecular weight is 490 g/mol. The molecule has 1 aromatic carbocycles. The minimum absolute atomic E-state index is 0.0468. The number of carbonyl (C=O) groups excluding carboxylic acids is 2. The average Bonchev–Trinajstić information content (AvgIpc) is 3.28. The number of halogens is 3. The van der Waals surface area contributed by atoms with Crippen LogP contribution in [0.15, 0.2) is 54.2 Å². The summed E-state index contributed by atoms with van der Waals surface area (Å²) in [5, 5.41) is 5.02. The van der Waals surface area contributed by atoms with Crippen molar-refractivity contribution in [1.82, 2.24) is 19.8 Å². The third kappa shape index (κ3) is 5.97. The van der Waals surface area contributed by atoms with Gasteiger partial charge in [-0.1, -0.05) is 12.1 Å². The first kappa shape index (κ1) is 23.8. The number of hydrogen-bond donors (Lipinski definition) is 1. The van der Waals surface area contributed by atoms with Crippen LogP contribution in [-0.4, -0.2) is 64.3 Å². The van der Waals surface area contributed by atoms with Crippen molar-refractivity contribution in [3.8, 4) is 10.6 Å². The number of pyridine rings is 1. The standard InChI is InChI=1S/C23H22F3N5O2S/c24-23(25,26)18-5-1-2-6-19(18)29-20(32)14-30-8-10-31(11-9-30)21(33)12-17-15-34-22(28-17)16-4-3-7-27-13-16/h1-7,13,15H,8-12,14H2,(H,29,32). The minimum Gasteiger partial charge on any atom is -0.340 e. The molecule has 2 amide bonds. The van der Waals surface area contributed by atoms with E-state index >= 15 is 0 Å². The lowest BCUT2D eigenvalue weighted by molar-refractivity contribution is -0.137. The van der Waals surface area contributed by atoms with Crippen molar-refractivity contribution in [2.24, 2.45) is 0 Å². The number of aromatic nitrogens is 2. The fourth-order valence-corrected chi connectivity index (χ4v) is 4.47. The number of anilines is 1. The summed E-state index contributed by atoms with van der Waals surface area (Å²) in [6.07, 6.45) is -0.953. The largest absolute Gasteiger partial charge is 0.418 e. The number of nitrogens with one attached hydrogen (secondary N) is 1. The summed E-state index contributed by atoms with van der Waals surface area (Å²) in [5.41, 5.74) is 0.449. The van der Waals surface area contributed by atoms with Gasteiger partial charge < -0.3 is 10.2 Å². The molecule has 4 rings (SSSR count). The molecule has 0 saturated carbocycles. The molecule has 1 saturated heterocycles. The second-order valence-electron chi connectivity index (χ2n) is 7.81. The van der Waals surface area contributed by atoms with E-state index < -0.39 is 17.6 Å². The molecule has 0 bridgehead atoms. The number of alkyl halides is 3.